The summed E-state index contributed by atoms with van der Waals surface area (Å²) in [7, 11) is 0. The molecule has 0 aliphatic rings. The summed E-state index contributed by atoms with van der Waals surface area (Å²) < 4.78 is 0.963. The molecule has 6 nitrogen and oxygen atoms in total. The second-order valence-corrected chi connectivity index (χ2v) is 11.2. The van der Waals surface area contributed by atoms with Gasteiger partial charge in [0, 0.05) is 33.4 Å². The minimum atomic E-state index is -0.861. The average molecular weight is 522 g/mol. The molecule has 0 amide bonds. The Labute approximate surface area is 218 Å². The van der Waals surface area contributed by atoms with Crippen LogP contribution in [0.3, 0.4) is 0 Å². The summed E-state index contributed by atoms with van der Waals surface area (Å²) in [5.41, 5.74) is 6.74. The summed E-state index contributed by atoms with van der Waals surface area (Å²) in [4.78, 5) is 24.2. The number of nitrogens with zero attached hydrogens (tertiary/aromatic N) is 2. The summed E-state index contributed by atoms with van der Waals surface area (Å²) in [6.45, 7) is 9.17. The molecule has 186 valence electrons. The second-order valence-electron chi connectivity index (χ2n) is 9.78. The quantitative estimate of drug-likeness (QED) is 0.232. The fourth-order valence-electron chi connectivity index (χ4n) is 3.93. The summed E-state index contributed by atoms with van der Waals surface area (Å²) in [6.07, 6.45) is 1.77. The van der Waals surface area contributed by atoms with Crippen LogP contribution < -0.4 is 0 Å². The fraction of sp³-hybridized carbons (Fsp3) is 0.250. The van der Waals surface area contributed by atoms with Crippen LogP contribution in [0.4, 0.5) is 0 Å². The van der Waals surface area contributed by atoms with E-state index >= 15 is 0 Å². The first kappa shape index (κ1) is 25.8. The molecule has 0 aliphatic carbocycles. The van der Waals surface area contributed by atoms with Crippen LogP contribution in [0, 0.1) is 13.8 Å². The van der Waals surface area contributed by atoms with Crippen molar-refractivity contribution in [2.45, 2.75) is 46.6 Å². The van der Waals surface area contributed by atoms with E-state index in [1.54, 1.807) is 32.1 Å². The van der Waals surface area contributed by atoms with E-state index in [2.05, 4.69) is 22.1 Å². The predicted molar refractivity (Wildman–Crippen MR) is 148 cm³/mol. The highest BCUT2D eigenvalue weighted by Gasteiger charge is 2.19. The Morgan fingerprint density at radius 3 is 2.39 bits per heavy atom. The molecule has 8 heteroatoms. The van der Waals surface area contributed by atoms with Crippen LogP contribution in [0.1, 0.15) is 37.6 Å². The van der Waals surface area contributed by atoms with Crippen LogP contribution in [0.25, 0.3) is 42.9 Å². The van der Waals surface area contributed by atoms with Gasteiger partial charge in [-0.05, 0) is 81.6 Å². The number of hydrogen-bond acceptors (Lipinski definition) is 5. The molecule has 5 rings (SSSR count). The van der Waals surface area contributed by atoms with Crippen molar-refractivity contribution in [2.24, 2.45) is 0 Å². The summed E-state index contributed by atoms with van der Waals surface area (Å²) in [6, 6.07) is 13.6. The third-order valence-corrected chi connectivity index (χ3v) is 6.71. The molecule has 5 aromatic rings. The zero-order chi connectivity index (χ0) is 26.2. The van der Waals surface area contributed by atoms with Gasteiger partial charge in [0.15, 0.2) is 0 Å². The van der Waals surface area contributed by atoms with Crippen molar-refractivity contribution in [3.05, 3.63) is 70.5 Å². The van der Waals surface area contributed by atoms with E-state index in [-0.39, 0.29) is 6.42 Å². The molecule has 0 saturated carbocycles. The zero-order valence-electron chi connectivity index (χ0n) is 20.8. The number of halogens is 1. The van der Waals surface area contributed by atoms with Gasteiger partial charge in [0.25, 0.3) is 0 Å². The normalized spacial score (nSPS) is 11.5. The lowest BCUT2D eigenvalue weighted by atomic mass is 9.93. The van der Waals surface area contributed by atoms with Gasteiger partial charge in [-0.2, -0.15) is 0 Å². The minimum Gasteiger partial charge on any atom is -0.481 e. The number of thiazole rings is 1. The van der Waals surface area contributed by atoms with E-state index < -0.39 is 11.6 Å². The number of carboxylic acid groups (broad SMARTS) is 1. The zero-order valence-corrected chi connectivity index (χ0v) is 22.4. The first-order chi connectivity index (χ1) is 16.9. The molecule has 0 radical (unpaired) electrons. The second kappa shape index (κ2) is 10.0. The van der Waals surface area contributed by atoms with Crippen LogP contribution in [0.5, 0.6) is 0 Å². The molecule has 0 aliphatic heterocycles. The van der Waals surface area contributed by atoms with Crippen LogP contribution in [-0.2, 0) is 11.2 Å². The minimum absolute atomic E-state index is 0.0525. The third kappa shape index (κ3) is 5.93. The van der Waals surface area contributed by atoms with E-state index in [0.29, 0.717) is 5.02 Å². The van der Waals surface area contributed by atoms with Gasteiger partial charge < -0.3 is 15.2 Å². The highest BCUT2D eigenvalue weighted by molar-refractivity contribution is 7.22. The van der Waals surface area contributed by atoms with Gasteiger partial charge in [0.05, 0.1) is 22.2 Å². The Bertz CT molecular complexity index is 1560. The molecule has 0 saturated heterocycles. The highest BCUT2D eigenvalue weighted by atomic mass is 35.5. The van der Waals surface area contributed by atoms with Crippen molar-refractivity contribution in [3.63, 3.8) is 0 Å². The number of carbonyl (C=O) groups is 1. The Morgan fingerprint density at radius 1 is 1.08 bits per heavy atom. The molecule has 3 heterocycles. The molecule has 36 heavy (non-hydrogen) atoms. The number of H-pyrrole nitrogens is 1. The van der Waals surface area contributed by atoms with Crippen molar-refractivity contribution in [3.8, 4) is 21.7 Å². The largest absolute Gasteiger partial charge is 0.481 e. The number of aryl methyl sites for hydroxylation is 2. The third-order valence-electron chi connectivity index (χ3n) is 5.32. The SMILES string of the molecule is CC(C)(C)O.Cc1cc2cc(-c3nc4cc(C)c(CC(=O)O)c(-c5ccc(Cl)cc5)c4s3)cnc2[nH]1. The number of rotatable bonds is 4. The molecule has 0 atom stereocenters. The van der Waals surface area contributed by atoms with Gasteiger partial charge in [0.1, 0.15) is 10.7 Å². The van der Waals surface area contributed by atoms with Gasteiger partial charge in [-0.1, -0.05) is 23.7 Å². The van der Waals surface area contributed by atoms with Crippen molar-refractivity contribution in [1.29, 1.82) is 0 Å². The Hall–Kier alpha value is -3.26. The Balaban J connectivity index is 0.000000556. The summed E-state index contributed by atoms with van der Waals surface area (Å²) in [5, 5.41) is 20.6. The highest BCUT2D eigenvalue weighted by Crippen LogP contribution is 2.41. The topological polar surface area (TPSA) is 99.1 Å². The molecule has 0 unspecified atom stereocenters. The van der Waals surface area contributed by atoms with Crippen LogP contribution in [-0.4, -0.2) is 36.7 Å². The van der Waals surface area contributed by atoms with Crippen molar-refractivity contribution in [1.82, 2.24) is 15.0 Å². The van der Waals surface area contributed by atoms with Crippen LogP contribution in [0.15, 0.2) is 48.7 Å². The first-order valence-corrected chi connectivity index (χ1v) is 12.7. The number of aromatic nitrogens is 3. The van der Waals surface area contributed by atoms with Gasteiger partial charge >= 0.3 is 5.97 Å². The molecule has 3 N–H and O–H groups in total. The van der Waals surface area contributed by atoms with E-state index in [0.717, 1.165) is 59.8 Å². The predicted octanol–water partition coefficient (Wildman–Crippen LogP) is 7.18. The van der Waals surface area contributed by atoms with Crippen molar-refractivity contribution < 1.29 is 15.0 Å². The molecule has 2 aromatic carbocycles. The maximum Gasteiger partial charge on any atom is 0.307 e. The Kier molecular flexibility index (Phi) is 7.18. The lowest BCUT2D eigenvalue weighted by Crippen LogP contribution is -2.10. The number of fused-ring (bicyclic) bond motifs is 2. The lowest BCUT2D eigenvalue weighted by molar-refractivity contribution is -0.136. The number of nitrogens with one attached hydrogen (secondary N) is 1. The number of aliphatic hydroxyl groups is 1. The number of aromatic amines is 1. The number of aliphatic carboxylic acids is 1. The first-order valence-electron chi connectivity index (χ1n) is 11.5. The van der Waals surface area contributed by atoms with Gasteiger partial charge in [-0.15, -0.1) is 11.3 Å². The number of benzene rings is 2. The van der Waals surface area contributed by atoms with E-state index in [4.69, 9.17) is 21.7 Å². The monoisotopic (exact) mass is 521 g/mol. The van der Waals surface area contributed by atoms with Gasteiger partial charge in [-0.25, -0.2) is 9.97 Å². The van der Waals surface area contributed by atoms with Gasteiger partial charge in [-0.3, -0.25) is 4.79 Å². The van der Waals surface area contributed by atoms with Gasteiger partial charge in [0.2, 0.25) is 0 Å². The summed E-state index contributed by atoms with van der Waals surface area (Å²) in [5.74, 6) is -0.861. The molecule has 0 bridgehead atoms. The smallest absolute Gasteiger partial charge is 0.307 e. The standard InChI is InChI=1S/C24H18ClN3O2S.C4H10O/c1-12-7-19-22(21(18(12)10-20(29)30)14-3-5-17(25)6-4-14)31-24(28-19)16-9-15-8-13(2)27-23(15)26-11-16;1-4(2,3)5/h3-9,11H,10H2,1-2H3,(H,26,27)(H,29,30);5H,1-3H3. The maximum absolute atomic E-state index is 11.6. The van der Waals surface area contributed by atoms with E-state index in [1.165, 1.54) is 0 Å². The molecule has 0 fully saturated rings. The average Bonchev–Trinajstić information content (AvgIpc) is 3.35. The number of hydrogen-bond donors (Lipinski definition) is 3. The van der Waals surface area contributed by atoms with E-state index in [9.17, 15) is 9.90 Å². The van der Waals surface area contributed by atoms with Crippen molar-refractivity contribution in [2.75, 3.05) is 0 Å². The molecular weight excluding hydrogens is 494 g/mol. The van der Waals surface area contributed by atoms with Crippen molar-refractivity contribution >= 4 is 50.2 Å². The fourth-order valence-corrected chi connectivity index (χ4v) is 5.17. The number of carboxylic acids is 1. The number of pyridine rings is 1. The molecule has 0 spiro atoms. The summed E-state index contributed by atoms with van der Waals surface area (Å²) >= 11 is 7.65. The van der Waals surface area contributed by atoms with Crippen LogP contribution >= 0.6 is 22.9 Å². The molecular formula is C28H28ClN3O3S. The van der Waals surface area contributed by atoms with Crippen LogP contribution in [0.2, 0.25) is 5.02 Å². The maximum atomic E-state index is 11.6. The molecule has 3 aromatic heterocycles. The van der Waals surface area contributed by atoms with E-state index in [1.807, 2.05) is 50.4 Å². The lowest BCUT2D eigenvalue weighted by Gasteiger charge is -2.13. The Morgan fingerprint density at radius 2 is 1.75 bits per heavy atom.